The molecule has 0 aromatic heterocycles. The number of rotatable bonds is 5. The third kappa shape index (κ3) is 3.45. The van der Waals surface area contributed by atoms with Gasteiger partial charge in [-0.3, -0.25) is 9.59 Å². The van der Waals surface area contributed by atoms with Gasteiger partial charge in [-0.05, 0) is 18.2 Å². The van der Waals surface area contributed by atoms with Crippen LogP contribution in [0.15, 0.2) is 18.2 Å². The van der Waals surface area contributed by atoms with Crippen molar-refractivity contribution in [3.8, 4) is 5.75 Å². The molecule has 9 heteroatoms. The second kappa shape index (κ2) is 6.45. The number of benzene rings is 1. The number of hydrogen-bond donors (Lipinski definition) is 2. The first-order chi connectivity index (χ1) is 10.3. The molecule has 1 aromatic rings. The lowest BCUT2D eigenvalue weighted by Crippen LogP contribution is -2.58. The number of carbonyl (C=O) groups is 2. The van der Waals surface area contributed by atoms with Crippen molar-refractivity contribution in [2.24, 2.45) is 5.73 Å². The minimum Gasteiger partial charge on any atom is -0.433 e. The summed E-state index contributed by atoms with van der Waals surface area (Å²) in [5.74, 6) is -1.57. The zero-order chi connectivity index (χ0) is 16.3. The van der Waals surface area contributed by atoms with Crippen LogP contribution < -0.4 is 15.8 Å². The number of alkyl halides is 2. The third-order valence-corrected chi connectivity index (χ3v) is 3.55. The summed E-state index contributed by atoms with van der Waals surface area (Å²) in [6.07, 6.45) is 0.258. The number of carbonyl (C=O) groups excluding carboxylic acids is 2. The van der Waals surface area contributed by atoms with Gasteiger partial charge < -0.3 is 20.5 Å². The van der Waals surface area contributed by atoms with Crippen LogP contribution in [0.2, 0.25) is 5.02 Å². The summed E-state index contributed by atoms with van der Waals surface area (Å²) in [4.78, 5) is 23.7. The van der Waals surface area contributed by atoms with E-state index in [1.54, 1.807) is 0 Å². The largest absolute Gasteiger partial charge is 0.433 e. The molecule has 1 aromatic carbocycles. The Bertz CT molecular complexity index is 591. The van der Waals surface area contributed by atoms with Gasteiger partial charge in [0.1, 0.15) is 11.3 Å². The average Bonchev–Trinajstić information content (AvgIpc) is 2.90. The van der Waals surface area contributed by atoms with E-state index in [0.717, 1.165) is 6.07 Å². The predicted molar refractivity (Wildman–Crippen MR) is 72.9 cm³/mol. The molecule has 0 radical (unpaired) electrons. The third-order valence-electron chi connectivity index (χ3n) is 3.26. The summed E-state index contributed by atoms with van der Waals surface area (Å²) < 4.78 is 33.6. The Hall–Kier alpha value is -1.93. The molecule has 1 atom stereocenters. The van der Waals surface area contributed by atoms with Gasteiger partial charge in [-0.1, -0.05) is 11.6 Å². The molecule has 0 aliphatic carbocycles. The molecule has 1 unspecified atom stereocenters. The van der Waals surface area contributed by atoms with E-state index in [-0.39, 0.29) is 29.4 Å². The molecule has 1 saturated heterocycles. The van der Waals surface area contributed by atoms with Crippen LogP contribution in [0.25, 0.3) is 0 Å². The zero-order valence-corrected chi connectivity index (χ0v) is 12.0. The molecule has 2 rings (SSSR count). The fourth-order valence-electron chi connectivity index (χ4n) is 2.04. The molecule has 22 heavy (non-hydrogen) atoms. The molecule has 1 fully saturated rings. The fraction of sp³-hybridized carbons (Fsp3) is 0.385. The highest BCUT2D eigenvalue weighted by Crippen LogP contribution is 2.27. The highest BCUT2D eigenvalue weighted by atomic mass is 35.5. The number of nitrogens with one attached hydrogen (secondary N) is 1. The van der Waals surface area contributed by atoms with Crippen LogP contribution in [0, 0.1) is 0 Å². The summed E-state index contributed by atoms with van der Waals surface area (Å²) in [6, 6.07) is 3.56. The minimum atomic E-state index is -3.02. The van der Waals surface area contributed by atoms with Gasteiger partial charge >= 0.3 is 6.61 Å². The van der Waals surface area contributed by atoms with Crippen LogP contribution in [-0.4, -0.2) is 37.2 Å². The van der Waals surface area contributed by atoms with E-state index in [9.17, 15) is 18.4 Å². The van der Waals surface area contributed by atoms with Gasteiger partial charge in [0.25, 0.3) is 5.91 Å². The van der Waals surface area contributed by atoms with Crippen LogP contribution in [-0.2, 0) is 9.53 Å². The van der Waals surface area contributed by atoms with Crippen molar-refractivity contribution in [3.05, 3.63) is 28.8 Å². The highest BCUT2D eigenvalue weighted by molar-refractivity contribution is 6.32. The molecule has 120 valence electrons. The molecule has 6 nitrogen and oxygen atoms in total. The van der Waals surface area contributed by atoms with E-state index in [0.29, 0.717) is 6.61 Å². The molecule has 1 aliphatic rings. The van der Waals surface area contributed by atoms with Crippen LogP contribution in [0.1, 0.15) is 16.8 Å². The van der Waals surface area contributed by atoms with Crippen molar-refractivity contribution in [3.63, 3.8) is 0 Å². The Labute approximate surface area is 129 Å². The molecule has 0 spiro atoms. The second-order valence-corrected chi connectivity index (χ2v) is 5.13. The maximum absolute atomic E-state index is 12.2. The maximum Gasteiger partial charge on any atom is 0.387 e. The lowest BCUT2D eigenvalue weighted by Gasteiger charge is -2.25. The normalized spacial score (nSPS) is 20.9. The molecule has 1 aliphatic heterocycles. The fourth-order valence-corrected chi connectivity index (χ4v) is 2.27. The van der Waals surface area contributed by atoms with Gasteiger partial charge in [0, 0.05) is 18.6 Å². The van der Waals surface area contributed by atoms with Gasteiger partial charge in [0.15, 0.2) is 0 Å². The van der Waals surface area contributed by atoms with Crippen LogP contribution in [0.3, 0.4) is 0 Å². The summed E-state index contributed by atoms with van der Waals surface area (Å²) >= 11 is 5.78. The number of amides is 2. The van der Waals surface area contributed by atoms with Crippen LogP contribution in [0.4, 0.5) is 8.78 Å². The minimum absolute atomic E-state index is 0.0195. The molecule has 0 bridgehead atoms. The van der Waals surface area contributed by atoms with E-state index >= 15 is 0 Å². The average molecular weight is 335 g/mol. The van der Waals surface area contributed by atoms with Crippen molar-refractivity contribution in [1.82, 2.24) is 5.32 Å². The summed E-state index contributed by atoms with van der Waals surface area (Å²) in [6.45, 7) is -2.74. The Morgan fingerprint density at radius 3 is 2.68 bits per heavy atom. The summed E-state index contributed by atoms with van der Waals surface area (Å²) in [5.41, 5.74) is 4.11. The van der Waals surface area contributed by atoms with Gasteiger partial charge in [0.2, 0.25) is 5.91 Å². The molecule has 3 N–H and O–H groups in total. The number of nitrogens with two attached hydrogens (primary N) is 1. The Kier molecular flexibility index (Phi) is 4.82. The van der Waals surface area contributed by atoms with Gasteiger partial charge in [-0.2, -0.15) is 8.78 Å². The first-order valence-electron chi connectivity index (χ1n) is 6.28. The lowest BCUT2D eigenvalue weighted by atomic mass is 9.97. The Morgan fingerprint density at radius 1 is 1.45 bits per heavy atom. The quantitative estimate of drug-likeness (QED) is 0.849. The van der Waals surface area contributed by atoms with E-state index in [4.69, 9.17) is 22.1 Å². The standard InChI is InChI=1S/C13H13ClF2N2O4/c14-8-5-7(1-2-9(8)22-12(15)16)10(19)18-13(11(17)20)3-4-21-6-13/h1-2,5,12H,3-4,6H2,(H2,17,20)(H,18,19). The molecular formula is C13H13ClF2N2O4. The number of ether oxygens (including phenoxy) is 2. The van der Waals surface area contributed by atoms with Crippen LogP contribution >= 0.6 is 11.6 Å². The van der Waals surface area contributed by atoms with E-state index in [1.807, 2.05) is 0 Å². The number of primary amides is 1. The number of hydrogen-bond acceptors (Lipinski definition) is 4. The van der Waals surface area contributed by atoms with Crippen molar-refractivity contribution < 1.29 is 27.8 Å². The Morgan fingerprint density at radius 2 is 2.18 bits per heavy atom. The lowest BCUT2D eigenvalue weighted by molar-refractivity contribution is -0.124. The molecule has 0 saturated carbocycles. The summed E-state index contributed by atoms with van der Waals surface area (Å²) in [5, 5.41) is 2.36. The van der Waals surface area contributed by atoms with E-state index in [1.165, 1.54) is 12.1 Å². The molecule has 1 heterocycles. The highest BCUT2D eigenvalue weighted by Gasteiger charge is 2.42. The van der Waals surface area contributed by atoms with Crippen molar-refractivity contribution in [2.75, 3.05) is 13.2 Å². The van der Waals surface area contributed by atoms with Gasteiger partial charge in [-0.25, -0.2) is 0 Å². The van der Waals surface area contributed by atoms with Gasteiger partial charge in [-0.15, -0.1) is 0 Å². The Balaban J connectivity index is 2.16. The van der Waals surface area contributed by atoms with E-state index < -0.39 is 24.0 Å². The van der Waals surface area contributed by atoms with Crippen molar-refractivity contribution >= 4 is 23.4 Å². The first kappa shape index (κ1) is 16.4. The molecule has 2 amide bonds. The number of halogens is 3. The smallest absolute Gasteiger partial charge is 0.387 e. The topological polar surface area (TPSA) is 90.7 Å². The SMILES string of the molecule is NC(=O)C1(NC(=O)c2ccc(OC(F)F)c(Cl)c2)CCOC1. The van der Waals surface area contributed by atoms with Crippen molar-refractivity contribution in [1.29, 1.82) is 0 Å². The van der Waals surface area contributed by atoms with Crippen LogP contribution in [0.5, 0.6) is 5.75 Å². The predicted octanol–water partition coefficient (Wildman–Crippen LogP) is 1.32. The maximum atomic E-state index is 12.2. The second-order valence-electron chi connectivity index (χ2n) is 4.73. The molecular weight excluding hydrogens is 322 g/mol. The van der Waals surface area contributed by atoms with E-state index in [2.05, 4.69) is 10.1 Å². The van der Waals surface area contributed by atoms with Gasteiger partial charge in [0.05, 0.1) is 11.6 Å². The first-order valence-corrected chi connectivity index (χ1v) is 6.66. The zero-order valence-electron chi connectivity index (χ0n) is 11.3. The monoisotopic (exact) mass is 334 g/mol. The summed E-state index contributed by atoms with van der Waals surface area (Å²) in [7, 11) is 0. The van der Waals surface area contributed by atoms with Crippen molar-refractivity contribution in [2.45, 2.75) is 18.6 Å².